The van der Waals surface area contributed by atoms with Crippen molar-refractivity contribution in [3.8, 4) is 0 Å². The van der Waals surface area contributed by atoms with Crippen LogP contribution in [-0.4, -0.2) is 66.4 Å². The first-order chi connectivity index (χ1) is 10.1. The summed E-state index contributed by atoms with van der Waals surface area (Å²) < 4.78 is 5.25. The van der Waals surface area contributed by atoms with E-state index in [1.807, 2.05) is 11.8 Å². The molecular weight excluding hydrogens is 292 g/mol. The predicted octanol–water partition coefficient (Wildman–Crippen LogP) is 1.79. The minimum absolute atomic E-state index is 0.0171. The molecule has 2 N–H and O–H groups in total. The van der Waals surface area contributed by atoms with Crippen LogP contribution in [0.4, 0.5) is 4.79 Å². The van der Waals surface area contributed by atoms with Crippen LogP contribution in [0.25, 0.3) is 0 Å². The zero-order valence-corrected chi connectivity index (χ0v) is 13.5. The Bertz CT molecular complexity index is 320. The fourth-order valence-electron chi connectivity index (χ4n) is 2.27. The van der Waals surface area contributed by atoms with Crippen molar-refractivity contribution in [3.63, 3.8) is 0 Å². The standard InChI is InChI=1S/C14H26N2O4S/c1-21-10-4-2-3-7-15-14(19)16-8-5-12(6-9-16)20-11-13(17)18/h12H,2-11H2,1H3,(H,15,19)(H,17,18). The molecular formula is C14H26N2O4S. The number of urea groups is 1. The lowest BCUT2D eigenvalue weighted by atomic mass is 10.1. The second-order valence-corrected chi connectivity index (χ2v) is 6.16. The number of carboxylic acids is 1. The highest BCUT2D eigenvalue weighted by Crippen LogP contribution is 2.13. The topological polar surface area (TPSA) is 78.9 Å². The normalized spacial score (nSPS) is 16.0. The zero-order chi connectivity index (χ0) is 15.5. The van der Waals surface area contributed by atoms with E-state index >= 15 is 0 Å². The second kappa shape index (κ2) is 10.7. The molecule has 0 saturated carbocycles. The van der Waals surface area contributed by atoms with Gasteiger partial charge in [-0.05, 0) is 37.7 Å². The molecule has 0 aromatic carbocycles. The zero-order valence-electron chi connectivity index (χ0n) is 12.7. The number of carbonyl (C=O) groups is 2. The van der Waals surface area contributed by atoms with Crippen molar-refractivity contribution in [3.05, 3.63) is 0 Å². The number of hydrogen-bond acceptors (Lipinski definition) is 4. The number of nitrogens with zero attached hydrogens (tertiary/aromatic N) is 1. The molecule has 0 bridgehead atoms. The maximum atomic E-state index is 11.9. The first-order valence-electron chi connectivity index (χ1n) is 7.48. The van der Waals surface area contributed by atoms with Crippen LogP contribution in [0.15, 0.2) is 0 Å². The van der Waals surface area contributed by atoms with E-state index in [1.165, 1.54) is 12.2 Å². The summed E-state index contributed by atoms with van der Waals surface area (Å²) in [5, 5.41) is 11.5. The Labute approximate surface area is 130 Å². The van der Waals surface area contributed by atoms with E-state index in [1.54, 1.807) is 4.90 Å². The molecule has 0 atom stereocenters. The first-order valence-corrected chi connectivity index (χ1v) is 8.88. The summed E-state index contributed by atoms with van der Waals surface area (Å²) in [5.41, 5.74) is 0. The van der Waals surface area contributed by atoms with Gasteiger partial charge < -0.3 is 20.1 Å². The molecule has 6 nitrogen and oxygen atoms in total. The van der Waals surface area contributed by atoms with Gasteiger partial charge in [0, 0.05) is 19.6 Å². The molecule has 21 heavy (non-hydrogen) atoms. The summed E-state index contributed by atoms with van der Waals surface area (Å²) in [5.74, 6) is 0.231. The summed E-state index contributed by atoms with van der Waals surface area (Å²) in [6.07, 6.45) is 6.82. The number of carboxylic acid groups (broad SMARTS) is 1. The number of carbonyl (C=O) groups excluding carboxylic acids is 1. The Hall–Kier alpha value is -0.950. The van der Waals surface area contributed by atoms with Crippen molar-refractivity contribution in [2.24, 2.45) is 0 Å². The molecule has 1 aliphatic rings. The van der Waals surface area contributed by atoms with Crippen LogP contribution in [0.5, 0.6) is 0 Å². The molecule has 1 saturated heterocycles. The number of unbranched alkanes of at least 4 members (excludes halogenated alkanes) is 2. The van der Waals surface area contributed by atoms with Crippen LogP contribution in [0, 0.1) is 0 Å². The number of thioether (sulfide) groups is 1. The average Bonchev–Trinajstić information content (AvgIpc) is 2.49. The number of ether oxygens (including phenoxy) is 1. The average molecular weight is 318 g/mol. The molecule has 1 heterocycles. The molecule has 1 aliphatic heterocycles. The van der Waals surface area contributed by atoms with Gasteiger partial charge in [0.25, 0.3) is 0 Å². The third-order valence-electron chi connectivity index (χ3n) is 3.47. The SMILES string of the molecule is CSCCCCCNC(=O)N1CCC(OCC(=O)O)CC1. The fourth-order valence-corrected chi connectivity index (χ4v) is 2.76. The Morgan fingerprint density at radius 1 is 1.29 bits per heavy atom. The lowest BCUT2D eigenvalue weighted by Crippen LogP contribution is -2.46. The van der Waals surface area contributed by atoms with Gasteiger partial charge in [-0.2, -0.15) is 11.8 Å². The fraction of sp³-hybridized carbons (Fsp3) is 0.857. The van der Waals surface area contributed by atoms with Gasteiger partial charge in [0.2, 0.25) is 0 Å². The van der Waals surface area contributed by atoms with E-state index in [-0.39, 0.29) is 18.7 Å². The minimum atomic E-state index is -0.948. The number of amides is 2. The number of nitrogens with one attached hydrogen (secondary N) is 1. The molecule has 122 valence electrons. The van der Waals surface area contributed by atoms with Gasteiger partial charge in [0.05, 0.1) is 6.10 Å². The van der Waals surface area contributed by atoms with E-state index < -0.39 is 5.97 Å². The quantitative estimate of drug-likeness (QED) is 0.634. The number of hydrogen-bond donors (Lipinski definition) is 2. The van der Waals surface area contributed by atoms with Crippen molar-refractivity contribution in [1.82, 2.24) is 10.2 Å². The maximum absolute atomic E-state index is 11.9. The molecule has 0 unspecified atom stereocenters. The van der Waals surface area contributed by atoms with E-state index in [0.717, 1.165) is 19.4 Å². The molecule has 0 aliphatic carbocycles. The van der Waals surface area contributed by atoms with Gasteiger partial charge in [-0.25, -0.2) is 9.59 Å². The van der Waals surface area contributed by atoms with E-state index in [9.17, 15) is 9.59 Å². The minimum Gasteiger partial charge on any atom is -0.480 e. The van der Waals surface area contributed by atoms with Crippen molar-refractivity contribution in [2.45, 2.75) is 38.2 Å². The molecule has 0 aromatic rings. The number of piperidine rings is 1. The summed E-state index contributed by atoms with van der Waals surface area (Å²) in [6.45, 7) is 1.72. The molecule has 2 amide bonds. The summed E-state index contributed by atoms with van der Waals surface area (Å²) in [7, 11) is 0. The molecule has 1 fully saturated rings. The van der Waals surface area contributed by atoms with Crippen LogP contribution in [0.2, 0.25) is 0 Å². The van der Waals surface area contributed by atoms with Crippen LogP contribution < -0.4 is 5.32 Å². The Kier molecular flexibility index (Phi) is 9.25. The first kappa shape index (κ1) is 18.1. The number of rotatable bonds is 9. The van der Waals surface area contributed by atoms with Gasteiger partial charge in [-0.3, -0.25) is 0 Å². The monoisotopic (exact) mass is 318 g/mol. The molecule has 0 radical (unpaired) electrons. The summed E-state index contributed by atoms with van der Waals surface area (Å²) in [4.78, 5) is 24.1. The third kappa shape index (κ3) is 8.16. The lowest BCUT2D eigenvalue weighted by molar-refractivity contribution is -0.145. The van der Waals surface area contributed by atoms with E-state index in [4.69, 9.17) is 9.84 Å². The van der Waals surface area contributed by atoms with E-state index in [2.05, 4.69) is 11.6 Å². The largest absolute Gasteiger partial charge is 0.480 e. The number of aliphatic carboxylic acids is 1. The highest BCUT2D eigenvalue weighted by atomic mass is 32.2. The second-order valence-electron chi connectivity index (χ2n) is 5.18. The van der Waals surface area contributed by atoms with Gasteiger partial charge in [0.1, 0.15) is 6.61 Å². The van der Waals surface area contributed by atoms with Crippen LogP contribution in [-0.2, 0) is 9.53 Å². The van der Waals surface area contributed by atoms with E-state index in [0.29, 0.717) is 25.9 Å². The molecule has 0 aromatic heterocycles. The van der Waals surface area contributed by atoms with Gasteiger partial charge in [-0.1, -0.05) is 6.42 Å². The van der Waals surface area contributed by atoms with Gasteiger partial charge >= 0.3 is 12.0 Å². The van der Waals surface area contributed by atoms with Crippen LogP contribution >= 0.6 is 11.8 Å². The van der Waals surface area contributed by atoms with Crippen LogP contribution in [0.3, 0.4) is 0 Å². The molecule has 7 heteroatoms. The van der Waals surface area contributed by atoms with Crippen molar-refractivity contribution in [2.75, 3.05) is 38.2 Å². The van der Waals surface area contributed by atoms with Crippen molar-refractivity contribution < 1.29 is 19.4 Å². The maximum Gasteiger partial charge on any atom is 0.329 e. The van der Waals surface area contributed by atoms with Crippen molar-refractivity contribution >= 4 is 23.8 Å². The molecule has 0 spiro atoms. The Balaban J connectivity index is 2.07. The highest BCUT2D eigenvalue weighted by Gasteiger charge is 2.23. The van der Waals surface area contributed by atoms with Crippen molar-refractivity contribution in [1.29, 1.82) is 0 Å². The predicted molar refractivity (Wildman–Crippen MR) is 83.8 cm³/mol. The van der Waals surface area contributed by atoms with Crippen LogP contribution in [0.1, 0.15) is 32.1 Å². The van der Waals surface area contributed by atoms with Gasteiger partial charge in [-0.15, -0.1) is 0 Å². The smallest absolute Gasteiger partial charge is 0.329 e. The lowest BCUT2D eigenvalue weighted by Gasteiger charge is -2.31. The molecule has 1 rings (SSSR count). The Morgan fingerprint density at radius 2 is 2.00 bits per heavy atom. The summed E-state index contributed by atoms with van der Waals surface area (Å²) in [6, 6.07) is -0.0171. The Morgan fingerprint density at radius 3 is 2.62 bits per heavy atom. The highest BCUT2D eigenvalue weighted by molar-refractivity contribution is 7.98. The number of likely N-dealkylation sites (tertiary alicyclic amines) is 1. The summed E-state index contributed by atoms with van der Waals surface area (Å²) >= 11 is 1.85. The third-order valence-corrected chi connectivity index (χ3v) is 4.17. The van der Waals surface area contributed by atoms with Gasteiger partial charge in [0.15, 0.2) is 0 Å².